The molecule has 0 aliphatic heterocycles. The van der Waals surface area contributed by atoms with Crippen molar-refractivity contribution in [2.45, 2.75) is 5.54 Å². The van der Waals surface area contributed by atoms with Crippen LogP contribution in [0.5, 0.6) is 0 Å². The molecule has 0 aliphatic carbocycles. The van der Waals surface area contributed by atoms with Crippen LogP contribution >= 0.6 is 0 Å². The Morgan fingerprint density at radius 2 is 1.67 bits per heavy atom. The van der Waals surface area contributed by atoms with Crippen molar-refractivity contribution in [3.05, 3.63) is 42.0 Å². The van der Waals surface area contributed by atoms with Crippen molar-refractivity contribution >= 4 is 12.0 Å². The Hall–Kier alpha value is -1.69. The molecule has 0 aliphatic rings. The first kappa shape index (κ1) is 14.4. The average Bonchev–Trinajstić information content (AvgIpc) is 2.44. The minimum absolute atomic E-state index is 0.490. The highest BCUT2D eigenvalue weighted by molar-refractivity contribution is 5.92. The van der Waals surface area contributed by atoms with Gasteiger partial charge in [0.1, 0.15) is 5.54 Å². The van der Waals surface area contributed by atoms with Crippen LogP contribution in [0.3, 0.4) is 0 Å². The molecule has 18 heavy (non-hydrogen) atoms. The summed E-state index contributed by atoms with van der Waals surface area (Å²) >= 11 is 0. The fraction of sp³-hybridized carbons (Fsp3) is 0.308. The van der Waals surface area contributed by atoms with E-state index in [0.717, 1.165) is 5.56 Å². The molecule has 0 bridgehead atoms. The van der Waals surface area contributed by atoms with Crippen LogP contribution in [0.2, 0.25) is 0 Å². The Kier molecular flexibility index (Phi) is 5.51. The minimum atomic E-state index is -1.39. The highest BCUT2D eigenvalue weighted by Crippen LogP contribution is 2.03. The molecular weight excluding hydrogens is 234 g/mol. The zero-order valence-corrected chi connectivity index (χ0v) is 9.91. The van der Waals surface area contributed by atoms with Gasteiger partial charge in [-0.3, -0.25) is 4.79 Å². The number of hydrogen-bond acceptors (Lipinski definition) is 4. The molecular formula is C13H17NO4. The van der Waals surface area contributed by atoms with Crippen molar-refractivity contribution in [3.63, 3.8) is 0 Å². The van der Waals surface area contributed by atoms with E-state index in [4.69, 9.17) is 15.3 Å². The van der Waals surface area contributed by atoms with Gasteiger partial charge in [-0.1, -0.05) is 30.3 Å². The normalized spacial score (nSPS) is 11.7. The van der Waals surface area contributed by atoms with Crippen LogP contribution < -0.4 is 5.32 Å². The molecule has 1 rings (SSSR count). The zero-order valence-electron chi connectivity index (χ0n) is 9.91. The SMILES string of the molecule is O=C(C=Cc1ccccc1)NC(CO)(CO)CO. The predicted octanol–water partition coefficient (Wildman–Crippen LogP) is -0.468. The average molecular weight is 251 g/mol. The Morgan fingerprint density at radius 1 is 1.11 bits per heavy atom. The van der Waals surface area contributed by atoms with Crippen LogP contribution in [0.15, 0.2) is 36.4 Å². The number of aliphatic hydroxyl groups is 3. The Morgan fingerprint density at radius 3 is 2.17 bits per heavy atom. The Balaban J connectivity index is 2.64. The number of carbonyl (C=O) groups excluding carboxylic acids is 1. The topological polar surface area (TPSA) is 89.8 Å². The van der Waals surface area contributed by atoms with Gasteiger partial charge in [-0.15, -0.1) is 0 Å². The molecule has 98 valence electrons. The van der Waals surface area contributed by atoms with E-state index >= 15 is 0 Å². The molecule has 4 N–H and O–H groups in total. The molecule has 0 saturated carbocycles. The van der Waals surface area contributed by atoms with E-state index in [9.17, 15) is 4.79 Å². The van der Waals surface area contributed by atoms with Gasteiger partial charge in [0.2, 0.25) is 5.91 Å². The highest BCUT2D eigenvalue weighted by atomic mass is 16.3. The monoisotopic (exact) mass is 251 g/mol. The largest absolute Gasteiger partial charge is 0.394 e. The standard InChI is InChI=1S/C13H17NO4/c15-8-13(9-16,10-17)14-12(18)7-6-11-4-2-1-3-5-11/h1-7,15-17H,8-10H2,(H,14,18). The number of rotatable bonds is 6. The van der Waals surface area contributed by atoms with E-state index in [1.165, 1.54) is 6.08 Å². The third-order valence-electron chi connectivity index (χ3n) is 2.52. The number of hydrogen-bond donors (Lipinski definition) is 4. The summed E-state index contributed by atoms with van der Waals surface area (Å²) in [5.41, 5.74) is -0.534. The first-order chi connectivity index (χ1) is 8.65. The lowest BCUT2D eigenvalue weighted by atomic mass is 10.0. The van der Waals surface area contributed by atoms with Gasteiger partial charge in [0.25, 0.3) is 0 Å². The molecule has 5 heteroatoms. The lowest BCUT2D eigenvalue weighted by Gasteiger charge is -2.27. The summed E-state index contributed by atoms with van der Waals surface area (Å²) in [5.74, 6) is -0.490. The van der Waals surface area contributed by atoms with Gasteiger partial charge in [-0.2, -0.15) is 0 Å². The van der Waals surface area contributed by atoms with Crippen LogP contribution in [0.4, 0.5) is 0 Å². The van der Waals surface area contributed by atoms with E-state index in [0.29, 0.717) is 0 Å². The van der Waals surface area contributed by atoms with Crippen LogP contribution in [0.1, 0.15) is 5.56 Å². The molecule has 5 nitrogen and oxygen atoms in total. The molecule has 0 saturated heterocycles. The summed E-state index contributed by atoms with van der Waals surface area (Å²) in [7, 11) is 0. The Bertz CT molecular complexity index is 390. The maximum absolute atomic E-state index is 11.6. The first-order valence-electron chi connectivity index (χ1n) is 5.53. The van der Waals surface area contributed by atoms with Gasteiger partial charge in [-0.05, 0) is 11.6 Å². The molecule has 1 aromatic carbocycles. The van der Waals surface area contributed by atoms with E-state index in [1.54, 1.807) is 6.08 Å². The van der Waals surface area contributed by atoms with Crippen molar-refractivity contribution in [3.8, 4) is 0 Å². The number of aliphatic hydroxyl groups excluding tert-OH is 3. The van der Waals surface area contributed by atoms with Crippen molar-refractivity contribution < 1.29 is 20.1 Å². The lowest BCUT2D eigenvalue weighted by molar-refractivity contribution is -0.120. The quantitative estimate of drug-likeness (QED) is 0.515. The fourth-order valence-electron chi connectivity index (χ4n) is 1.31. The lowest BCUT2D eigenvalue weighted by Crippen LogP contribution is -2.56. The van der Waals surface area contributed by atoms with Crippen molar-refractivity contribution in [1.29, 1.82) is 0 Å². The maximum atomic E-state index is 11.6. The second-order valence-corrected chi connectivity index (χ2v) is 3.99. The van der Waals surface area contributed by atoms with Crippen molar-refractivity contribution in [2.24, 2.45) is 0 Å². The summed E-state index contributed by atoms with van der Waals surface area (Å²) < 4.78 is 0. The molecule has 0 heterocycles. The number of amides is 1. The fourth-order valence-corrected chi connectivity index (χ4v) is 1.31. The molecule has 0 spiro atoms. The van der Waals surface area contributed by atoms with Crippen molar-refractivity contribution in [2.75, 3.05) is 19.8 Å². The van der Waals surface area contributed by atoms with Crippen LogP contribution in [-0.2, 0) is 4.79 Å². The van der Waals surface area contributed by atoms with E-state index in [1.807, 2.05) is 30.3 Å². The summed E-state index contributed by atoms with van der Waals surface area (Å²) in [6.45, 7) is -1.61. The zero-order chi connectivity index (χ0) is 13.4. The van der Waals surface area contributed by atoms with Gasteiger partial charge in [-0.25, -0.2) is 0 Å². The molecule has 0 fully saturated rings. The summed E-state index contributed by atoms with van der Waals surface area (Å²) in [6, 6.07) is 9.22. The van der Waals surface area contributed by atoms with E-state index in [-0.39, 0.29) is 0 Å². The van der Waals surface area contributed by atoms with Crippen molar-refractivity contribution in [1.82, 2.24) is 5.32 Å². The van der Waals surface area contributed by atoms with E-state index < -0.39 is 31.3 Å². The van der Waals surface area contributed by atoms with Gasteiger partial charge in [0.15, 0.2) is 0 Å². The number of benzene rings is 1. The third-order valence-corrected chi connectivity index (χ3v) is 2.52. The van der Waals surface area contributed by atoms with E-state index in [2.05, 4.69) is 5.32 Å². The molecule has 1 aromatic rings. The minimum Gasteiger partial charge on any atom is -0.394 e. The van der Waals surface area contributed by atoms with Crippen LogP contribution in [-0.4, -0.2) is 46.6 Å². The summed E-state index contributed by atoms with van der Waals surface area (Å²) in [5, 5.41) is 29.5. The van der Waals surface area contributed by atoms with Gasteiger partial charge in [0, 0.05) is 6.08 Å². The summed E-state index contributed by atoms with van der Waals surface area (Å²) in [6.07, 6.45) is 2.89. The van der Waals surface area contributed by atoms with Gasteiger partial charge >= 0.3 is 0 Å². The molecule has 0 unspecified atom stereocenters. The first-order valence-corrected chi connectivity index (χ1v) is 5.53. The third kappa shape index (κ3) is 3.96. The predicted molar refractivity (Wildman–Crippen MR) is 67.6 cm³/mol. The second kappa shape index (κ2) is 6.90. The summed E-state index contributed by atoms with van der Waals surface area (Å²) in [4.78, 5) is 11.6. The van der Waals surface area contributed by atoms with Gasteiger partial charge in [0.05, 0.1) is 19.8 Å². The molecule has 0 aromatic heterocycles. The van der Waals surface area contributed by atoms with Crippen LogP contribution in [0, 0.1) is 0 Å². The molecule has 1 amide bonds. The Labute approximate surface area is 105 Å². The smallest absolute Gasteiger partial charge is 0.244 e. The van der Waals surface area contributed by atoms with Crippen LogP contribution in [0.25, 0.3) is 6.08 Å². The second-order valence-electron chi connectivity index (χ2n) is 3.99. The maximum Gasteiger partial charge on any atom is 0.244 e. The number of nitrogens with one attached hydrogen (secondary N) is 1. The highest BCUT2D eigenvalue weighted by Gasteiger charge is 2.28. The molecule has 0 radical (unpaired) electrons. The molecule has 0 atom stereocenters. The number of carbonyl (C=O) groups is 1. The van der Waals surface area contributed by atoms with Gasteiger partial charge < -0.3 is 20.6 Å².